The average molecular weight is 493 g/mol. The Hall–Kier alpha value is -2.97. The molecule has 34 heavy (non-hydrogen) atoms. The van der Waals surface area contributed by atoms with Crippen LogP contribution < -0.4 is 9.80 Å². The number of pyridine rings is 1. The van der Waals surface area contributed by atoms with Gasteiger partial charge in [0.25, 0.3) is 0 Å². The van der Waals surface area contributed by atoms with Crippen molar-refractivity contribution in [2.45, 2.75) is 12.8 Å². The molecule has 0 aliphatic carbocycles. The van der Waals surface area contributed by atoms with Crippen LogP contribution in [0.15, 0.2) is 48.9 Å². The first-order chi connectivity index (χ1) is 16.7. The maximum Gasteiger partial charge on any atom is 0.225 e. The number of hydrogen-bond acceptors (Lipinski definition) is 7. The van der Waals surface area contributed by atoms with E-state index in [1.165, 1.54) is 0 Å². The molecule has 9 heteroatoms. The summed E-state index contributed by atoms with van der Waals surface area (Å²) in [5.41, 5.74) is 2.13. The highest BCUT2D eigenvalue weighted by molar-refractivity contribution is 7.25. The van der Waals surface area contributed by atoms with Gasteiger partial charge < -0.3 is 14.7 Å². The second kappa shape index (κ2) is 9.00. The van der Waals surface area contributed by atoms with Gasteiger partial charge in [0.1, 0.15) is 17.0 Å². The van der Waals surface area contributed by atoms with Crippen molar-refractivity contribution < 1.29 is 4.79 Å². The fourth-order valence-corrected chi connectivity index (χ4v) is 6.30. The monoisotopic (exact) mass is 492 g/mol. The highest BCUT2D eigenvalue weighted by Crippen LogP contribution is 2.37. The molecule has 2 saturated heterocycles. The largest absolute Gasteiger partial charge is 0.368 e. The van der Waals surface area contributed by atoms with Gasteiger partial charge in [0.2, 0.25) is 5.91 Å². The molecular weight excluding hydrogens is 468 g/mol. The molecular formula is C25H25ClN6OS. The zero-order valence-electron chi connectivity index (χ0n) is 18.7. The molecule has 4 aromatic rings. The van der Waals surface area contributed by atoms with E-state index in [4.69, 9.17) is 11.6 Å². The van der Waals surface area contributed by atoms with Gasteiger partial charge in [0.15, 0.2) is 0 Å². The first-order valence-electron chi connectivity index (χ1n) is 11.7. The molecule has 3 aromatic heterocycles. The second-order valence-corrected chi connectivity index (χ2v) is 10.3. The van der Waals surface area contributed by atoms with Crippen LogP contribution in [0.1, 0.15) is 12.8 Å². The highest BCUT2D eigenvalue weighted by Gasteiger charge is 2.31. The van der Waals surface area contributed by atoms with Crippen molar-refractivity contribution in [2.24, 2.45) is 5.92 Å². The highest BCUT2D eigenvalue weighted by atomic mass is 35.5. The number of thiophene rings is 1. The molecule has 174 valence electrons. The molecule has 0 radical (unpaired) electrons. The van der Waals surface area contributed by atoms with E-state index in [1.54, 1.807) is 17.7 Å². The lowest BCUT2D eigenvalue weighted by Gasteiger charge is -2.39. The van der Waals surface area contributed by atoms with Crippen LogP contribution in [0.5, 0.6) is 0 Å². The Kier molecular flexibility index (Phi) is 5.71. The number of carbonyl (C=O) groups excluding carboxylic acids is 1. The number of aromatic nitrogens is 3. The Balaban J connectivity index is 1.09. The standard InChI is InChI=1S/C25H25ClN6OS/c26-18-3-5-19(6-4-18)30-12-14-32(15-13-30)25(33)17-7-10-31(11-8-17)23-22-21(28-16-29-23)20-2-1-9-27-24(20)34-22/h1-6,9,16-17H,7-8,10-15H2. The van der Waals surface area contributed by atoms with E-state index in [9.17, 15) is 4.79 Å². The number of nitrogens with zero attached hydrogens (tertiary/aromatic N) is 6. The molecule has 2 aliphatic rings. The summed E-state index contributed by atoms with van der Waals surface area (Å²) in [7, 11) is 0. The van der Waals surface area contributed by atoms with Gasteiger partial charge >= 0.3 is 0 Å². The molecule has 0 unspecified atom stereocenters. The van der Waals surface area contributed by atoms with Gasteiger partial charge in [0, 0.05) is 67.5 Å². The SMILES string of the molecule is O=C(C1CCN(c2ncnc3c2sc2ncccc23)CC1)N1CCN(c2ccc(Cl)cc2)CC1. The molecule has 5 heterocycles. The lowest BCUT2D eigenvalue weighted by molar-refractivity contribution is -0.136. The van der Waals surface area contributed by atoms with E-state index < -0.39 is 0 Å². The van der Waals surface area contributed by atoms with Crippen LogP contribution in [-0.2, 0) is 4.79 Å². The summed E-state index contributed by atoms with van der Waals surface area (Å²) in [5, 5.41) is 1.82. The molecule has 0 bridgehead atoms. The van der Waals surface area contributed by atoms with Gasteiger partial charge in [0.05, 0.1) is 10.2 Å². The fourth-order valence-electron chi connectivity index (χ4n) is 5.06. The zero-order valence-corrected chi connectivity index (χ0v) is 20.3. The Bertz CT molecular complexity index is 1330. The molecule has 1 aromatic carbocycles. The predicted octanol–water partition coefficient (Wildman–Crippen LogP) is 4.46. The van der Waals surface area contributed by atoms with Gasteiger partial charge in [-0.05, 0) is 49.2 Å². The van der Waals surface area contributed by atoms with Crippen molar-refractivity contribution in [1.29, 1.82) is 0 Å². The van der Waals surface area contributed by atoms with Gasteiger partial charge in [-0.25, -0.2) is 15.0 Å². The Morgan fingerprint density at radius 1 is 0.912 bits per heavy atom. The molecule has 0 saturated carbocycles. The number of piperidine rings is 1. The van der Waals surface area contributed by atoms with Crippen molar-refractivity contribution >= 4 is 60.8 Å². The summed E-state index contributed by atoms with van der Waals surface area (Å²) in [6, 6.07) is 11.9. The zero-order chi connectivity index (χ0) is 23.1. The number of rotatable bonds is 3. The molecule has 0 N–H and O–H groups in total. The number of fused-ring (bicyclic) bond motifs is 3. The third-order valence-corrected chi connectivity index (χ3v) is 8.29. The summed E-state index contributed by atoms with van der Waals surface area (Å²) in [6.07, 6.45) is 5.17. The maximum atomic E-state index is 13.3. The fraction of sp³-hybridized carbons (Fsp3) is 0.360. The number of carbonyl (C=O) groups is 1. The lowest BCUT2D eigenvalue weighted by atomic mass is 9.95. The topological polar surface area (TPSA) is 65.5 Å². The second-order valence-electron chi connectivity index (χ2n) is 8.88. The van der Waals surface area contributed by atoms with E-state index >= 15 is 0 Å². The minimum absolute atomic E-state index is 0.0831. The molecule has 7 nitrogen and oxygen atoms in total. The minimum atomic E-state index is 0.0831. The molecule has 1 amide bonds. The van der Waals surface area contributed by atoms with E-state index in [2.05, 4.69) is 30.8 Å². The van der Waals surface area contributed by atoms with Crippen molar-refractivity contribution in [3.63, 3.8) is 0 Å². The van der Waals surface area contributed by atoms with Crippen molar-refractivity contribution in [3.05, 3.63) is 53.9 Å². The first kappa shape index (κ1) is 21.6. The minimum Gasteiger partial charge on any atom is -0.368 e. The number of anilines is 2. The average Bonchev–Trinajstić information content (AvgIpc) is 3.28. The molecule has 0 atom stereocenters. The van der Waals surface area contributed by atoms with Crippen LogP contribution >= 0.6 is 22.9 Å². The summed E-state index contributed by atoms with van der Waals surface area (Å²) < 4.78 is 1.08. The summed E-state index contributed by atoms with van der Waals surface area (Å²) >= 11 is 7.66. The molecule has 2 fully saturated rings. The molecule has 6 rings (SSSR count). The first-order valence-corrected chi connectivity index (χ1v) is 12.9. The predicted molar refractivity (Wildman–Crippen MR) is 138 cm³/mol. The van der Waals surface area contributed by atoms with E-state index in [-0.39, 0.29) is 5.92 Å². The van der Waals surface area contributed by atoms with E-state index in [0.717, 1.165) is 89.1 Å². The summed E-state index contributed by atoms with van der Waals surface area (Å²) in [4.78, 5) is 34.6. The lowest BCUT2D eigenvalue weighted by Crippen LogP contribution is -2.51. The summed E-state index contributed by atoms with van der Waals surface area (Å²) in [6.45, 7) is 4.89. The van der Waals surface area contributed by atoms with Gasteiger partial charge in [-0.3, -0.25) is 4.79 Å². The molecule has 2 aliphatic heterocycles. The van der Waals surface area contributed by atoms with Crippen molar-refractivity contribution in [3.8, 4) is 0 Å². The normalized spacial score (nSPS) is 17.6. The Morgan fingerprint density at radius 2 is 1.68 bits per heavy atom. The van der Waals surface area contributed by atoms with Gasteiger partial charge in [-0.15, -0.1) is 11.3 Å². The number of piperazine rings is 1. The van der Waals surface area contributed by atoms with E-state index in [0.29, 0.717) is 5.91 Å². The smallest absolute Gasteiger partial charge is 0.225 e. The maximum absolute atomic E-state index is 13.3. The van der Waals surface area contributed by atoms with Gasteiger partial charge in [-0.2, -0.15) is 0 Å². The number of halogens is 1. The van der Waals surface area contributed by atoms with Crippen molar-refractivity contribution in [2.75, 3.05) is 49.1 Å². The van der Waals surface area contributed by atoms with Crippen LogP contribution in [0.25, 0.3) is 20.4 Å². The number of amides is 1. The number of benzene rings is 1. The van der Waals surface area contributed by atoms with Crippen LogP contribution in [0.2, 0.25) is 5.02 Å². The van der Waals surface area contributed by atoms with Crippen LogP contribution in [0.3, 0.4) is 0 Å². The quantitative estimate of drug-likeness (QED) is 0.421. The Labute approximate surface area is 207 Å². The molecule has 0 spiro atoms. The van der Waals surface area contributed by atoms with Crippen LogP contribution in [-0.4, -0.2) is 65.0 Å². The third-order valence-electron chi connectivity index (χ3n) is 6.94. The summed E-state index contributed by atoms with van der Waals surface area (Å²) in [5.74, 6) is 1.35. The van der Waals surface area contributed by atoms with Crippen molar-refractivity contribution in [1.82, 2.24) is 19.9 Å². The Morgan fingerprint density at radius 3 is 2.44 bits per heavy atom. The van der Waals surface area contributed by atoms with Gasteiger partial charge in [-0.1, -0.05) is 11.6 Å². The van der Waals surface area contributed by atoms with E-state index in [1.807, 2.05) is 41.4 Å². The third kappa shape index (κ3) is 3.95. The van der Waals surface area contributed by atoms with Crippen LogP contribution in [0, 0.1) is 5.92 Å². The van der Waals surface area contributed by atoms with Crippen LogP contribution in [0.4, 0.5) is 11.5 Å². The number of hydrogen-bond donors (Lipinski definition) is 0.